The van der Waals surface area contributed by atoms with Crippen molar-refractivity contribution in [3.05, 3.63) is 23.8 Å². The average Bonchev–Trinajstić information content (AvgIpc) is 2.28. The van der Waals surface area contributed by atoms with Crippen molar-refractivity contribution in [2.45, 2.75) is 38.1 Å². The van der Waals surface area contributed by atoms with Gasteiger partial charge in [0.1, 0.15) is 10.6 Å². The topological polar surface area (TPSA) is 72.5 Å². The number of hydrogen-bond acceptors (Lipinski definition) is 4. The van der Waals surface area contributed by atoms with Crippen molar-refractivity contribution in [2.24, 2.45) is 0 Å². The van der Waals surface area contributed by atoms with Gasteiger partial charge >= 0.3 is 0 Å². The first-order valence-electron chi connectivity index (χ1n) is 6.17. The molecular weight excluding hydrogens is 302 g/mol. The van der Waals surface area contributed by atoms with E-state index < -0.39 is 9.05 Å². The van der Waals surface area contributed by atoms with Crippen molar-refractivity contribution in [1.82, 2.24) is 5.32 Å². The Bertz CT molecular complexity index is 584. The monoisotopic (exact) mass is 319 g/mol. The maximum atomic E-state index is 11.5. The van der Waals surface area contributed by atoms with Crippen LogP contribution in [-0.2, 0) is 13.8 Å². The third-order valence-electron chi connectivity index (χ3n) is 2.40. The number of aryl methyl sites for hydroxylation is 1. The smallest absolute Gasteiger partial charge is 0.264 e. The van der Waals surface area contributed by atoms with E-state index in [9.17, 15) is 13.2 Å². The summed E-state index contributed by atoms with van der Waals surface area (Å²) in [5, 5.41) is 2.72. The molecule has 0 aliphatic heterocycles. The largest absolute Gasteiger partial charge is 0.492 e. The molecule has 0 saturated heterocycles. The van der Waals surface area contributed by atoms with Crippen molar-refractivity contribution in [2.75, 3.05) is 6.61 Å². The fraction of sp³-hybridized carbons (Fsp3) is 0.462. The lowest BCUT2D eigenvalue weighted by Gasteiger charge is -2.11. The SMILES string of the molecule is Cc1ccc(OCCC(=O)NC(C)C)c(S(=O)(=O)Cl)c1. The highest BCUT2D eigenvalue weighted by Crippen LogP contribution is 2.28. The van der Waals surface area contributed by atoms with E-state index in [4.69, 9.17) is 15.4 Å². The molecule has 1 rings (SSSR count). The van der Waals surface area contributed by atoms with E-state index in [1.807, 2.05) is 13.8 Å². The predicted octanol–water partition coefficient (Wildman–Crippen LogP) is 2.22. The van der Waals surface area contributed by atoms with Crippen LogP contribution in [0.25, 0.3) is 0 Å². The zero-order valence-electron chi connectivity index (χ0n) is 11.6. The maximum Gasteiger partial charge on any atom is 0.264 e. The van der Waals surface area contributed by atoms with Crippen LogP contribution in [0.15, 0.2) is 23.1 Å². The first-order valence-corrected chi connectivity index (χ1v) is 8.48. The minimum Gasteiger partial charge on any atom is -0.492 e. The molecule has 0 saturated carbocycles. The third kappa shape index (κ3) is 5.38. The summed E-state index contributed by atoms with van der Waals surface area (Å²) in [6.45, 7) is 5.56. The molecule has 0 unspecified atom stereocenters. The van der Waals surface area contributed by atoms with Crippen LogP contribution in [0.1, 0.15) is 25.8 Å². The summed E-state index contributed by atoms with van der Waals surface area (Å²) < 4.78 is 28.3. The highest BCUT2D eigenvalue weighted by Gasteiger charge is 2.17. The molecule has 0 bridgehead atoms. The van der Waals surface area contributed by atoms with Crippen molar-refractivity contribution in [3.8, 4) is 5.75 Å². The Balaban J connectivity index is 2.72. The highest BCUT2D eigenvalue weighted by atomic mass is 35.7. The van der Waals surface area contributed by atoms with Crippen molar-refractivity contribution in [1.29, 1.82) is 0 Å². The van der Waals surface area contributed by atoms with Crippen molar-refractivity contribution >= 4 is 25.6 Å². The third-order valence-corrected chi connectivity index (χ3v) is 3.74. The van der Waals surface area contributed by atoms with Crippen LogP contribution in [0.4, 0.5) is 0 Å². The molecule has 20 heavy (non-hydrogen) atoms. The van der Waals surface area contributed by atoms with Crippen LogP contribution in [0, 0.1) is 6.92 Å². The number of amides is 1. The summed E-state index contributed by atoms with van der Waals surface area (Å²) in [7, 11) is 1.48. The number of benzene rings is 1. The van der Waals surface area contributed by atoms with Crippen LogP contribution in [-0.4, -0.2) is 27.0 Å². The van der Waals surface area contributed by atoms with Crippen LogP contribution in [0.2, 0.25) is 0 Å². The molecule has 0 spiro atoms. The van der Waals surface area contributed by atoms with E-state index >= 15 is 0 Å². The fourth-order valence-corrected chi connectivity index (χ4v) is 2.63. The molecule has 112 valence electrons. The fourth-order valence-electron chi connectivity index (χ4n) is 1.57. The molecule has 1 aromatic carbocycles. The van der Waals surface area contributed by atoms with Gasteiger partial charge in [-0.15, -0.1) is 0 Å². The molecule has 0 fully saturated rings. The van der Waals surface area contributed by atoms with E-state index in [0.717, 1.165) is 5.56 Å². The van der Waals surface area contributed by atoms with E-state index in [2.05, 4.69) is 5.32 Å². The summed E-state index contributed by atoms with van der Waals surface area (Å²) >= 11 is 0. The second-order valence-corrected chi connectivity index (χ2v) is 7.24. The van der Waals surface area contributed by atoms with E-state index in [1.165, 1.54) is 12.1 Å². The molecule has 0 heterocycles. The minimum absolute atomic E-state index is 0.0562. The van der Waals surface area contributed by atoms with Gasteiger partial charge in [0.2, 0.25) is 5.91 Å². The summed E-state index contributed by atoms with van der Waals surface area (Å²) in [5.41, 5.74) is 0.758. The van der Waals surface area contributed by atoms with Crippen molar-refractivity contribution < 1.29 is 17.9 Å². The number of hydrogen-bond donors (Lipinski definition) is 1. The lowest BCUT2D eigenvalue weighted by atomic mass is 10.2. The molecule has 1 N–H and O–H groups in total. The first-order chi connectivity index (χ1) is 9.20. The van der Waals surface area contributed by atoms with Crippen LogP contribution in [0.3, 0.4) is 0 Å². The summed E-state index contributed by atoms with van der Waals surface area (Å²) in [6, 6.07) is 4.74. The van der Waals surface area contributed by atoms with Gasteiger partial charge < -0.3 is 10.1 Å². The molecule has 0 radical (unpaired) electrons. The molecule has 1 amide bonds. The molecule has 0 aliphatic carbocycles. The lowest BCUT2D eigenvalue weighted by Crippen LogP contribution is -2.31. The second kappa shape index (κ2) is 6.95. The number of nitrogens with one attached hydrogen (secondary N) is 1. The van der Waals surface area contributed by atoms with Gasteiger partial charge in [0.15, 0.2) is 0 Å². The number of carbonyl (C=O) groups is 1. The number of halogens is 1. The second-order valence-electron chi connectivity index (χ2n) is 4.71. The van der Waals surface area contributed by atoms with E-state index in [1.54, 1.807) is 13.0 Å². The quantitative estimate of drug-likeness (QED) is 0.816. The zero-order chi connectivity index (χ0) is 15.3. The van der Waals surface area contributed by atoms with Gasteiger partial charge in [-0.05, 0) is 38.5 Å². The summed E-state index contributed by atoms with van der Waals surface area (Å²) in [4.78, 5) is 11.4. The van der Waals surface area contributed by atoms with Gasteiger partial charge in [-0.25, -0.2) is 8.42 Å². The van der Waals surface area contributed by atoms with E-state index in [0.29, 0.717) is 0 Å². The Morgan fingerprint density at radius 3 is 2.60 bits per heavy atom. The standard InChI is InChI=1S/C13H18ClNO4S/c1-9(2)15-13(16)6-7-19-11-5-4-10(3)8-12(11)20(14,17)18/h4-5,8-9H,6-7H2,1-3H3,(H,15,16). The number of carbonyl (C=O) groups excluding carboxylic acids is 1. The minimum atomic E-state index is -3.88. The van der Waals surface area contributed by atoms with Crippen LogP contribution in [0.5, 0.6) is 5.75 Å². The van der Waals surface area contributed by atoms with Gasteiger partial charge in [0.05, 0.1) is 13.0 Å². The molecular formula is C13H18ClNO4S. The Morgan fingerprint density at radius 1 is 1.40 bits per heavy atom. The lowest BCUT2D eigenvalue weighted by molar-refractivity contribution is -0.122. The Kier molecular flexibility index (Phi) is 5.83. The number of rotatable bonds is 6. The van der Waals surface area contributed by atoms with Crippen LogP contribution < -0.4 is 10.1 Å². The van der Waals surface area contributed by atoms with E-state index in [-0.39, 0.29) is 35.6 Å². The van der Waals surface area contributed by atoms with Crippen molar-refractivity contribution in [3.63, 3.8) is 0 Å². The Hall–Kier alpha value is -1.27. The molecule has 5 nitrogen and oxygen atoms in total. The Morgan fingerprint density at radius 2 is 2.05 bits per heavy atom. The number of ether oxygens (including phenoxy) is 1. The van der Waals surface area contributed by atoms with Gasteiger partial charge in [-0.1, -0.05) is 6.07 Å². The molecule has 0 aliphatic rings. The molecule has 0 aromatic heterocycles. The predicted molar refractivity (Wildman–Crippen MR) is 77.6 cm³/mol. The maximum absolute atomic E-state index is 11.5. The van der Waals surface area contributed by atoms with Gasteiger partial charge in [-0.3, -0.25) is 4.79 Å². The van der Waals surface area contributed by atoms with Gasteiger partial charge in [0.25, 0.3) is 9.05 Å². The molecule has 1 aromatic rings. The zero-order valence-corrected chi connectivity index (χ0v) is 13.2. The first kappa shape index (κ1) is 16.8. The van der Waals surface area contributed by atoms with Gasteiger partial charge in [0, 0.05) is 16.7 Å². The average molecular weight is 320 g/mol. The summed E-state index contributed by atoms with van der Waals surface area (Å²) in [5.74, 6) is 0.00494. The van der Waals surface area contributed by atoms with Gasteiger partial charge in [-0.2, -0.15) is 0 Å². The normalized spacial score (nSPS) is 11.4. The summed E-state index contributed by atoms with van der Waals surface area (Å²) in [6.07, 6.45) is 0.147. The molecule has 0 atom stereocenters. The molecule has 7 heteroatoms. The van der Waals surface area contributed by atoms with Crippen LogP contribution >= 0.6 is 10.7 Å². The highest BCUT2D eigenvalue weighted by molar-refractivity contribution is 8.13. The Labute approximate surface area is 123 Å².